The van der Waals surface area contributed by atoms with Gasteiger partial charge in [0.05, 0.1) is 19.9 Å². The molecule has 0 fully saturated rings. The Kier molecular flexibility index (Phi) is 4.60. The van der Waals surface area contributed by atoms with Crippen LogP contribution in [0.5, 0.6) is 11.6 Å². The molecule has 1 aromatic carbocycles. The van der Waals surface area contributed by atoms with E-state index < -0.39 is 0 Å². The van der Waals surface area contributed by atoms with Crippen molar-refractivity contribution in [3.05, 3.63) is 53.9 Å². The first-order valence-corrected chi connectivity index (χ1v) is 7.60. The Morgan fingerprint density at radius 1 is 1.29 bits per heavy atom. The smallest absolute Gasteiger partial charge is 0.271 e. The van der Waals surface area contributed by atoms with Crippen LogP contribution in [0.15, 0.2) is 42.6 Å². The minimum atomic E-state index is -0.263. The number of ether oxygens (including phenoxy) is 2. The molecule has 0 aliphatic rings. The van der Waals surface area contributed by atoms with E-state index in [2.05, 4.69) is 15.4 Å². The van der Waals surface area contributed by atoms with E-state index >= 15 is 0 Å². The van der Waals surface area contributed by atoms with E-state index in [1.54, 1.807) is 18.3 Å². The maximum absolute atomic E-state index is 12.3. The minimum Gasteiger partial charge on any atom is -0.494 e. The minimum absolute atomic E-state index is 0.263. The lowest BCUT2D eigenvalue weighted by Crippen LogP contribution is -2.23. The zero-order chi connectivity index (χ0) is 16.9. The van der Waals surface area contributed by atoms with Crippen LogP contribution in [0.4, 0.5) is 0 Å². The fourth-order valence-corrected chi connectivity index (χ4v) is 2.27. The molecule has 0 radical (unpaired) electrons. The van der Waals surface area contributed by atoms with Crippen molar-refractivity contribution < 1.29 is 14.3 Å². The Hall–Kier alpha value is -3.09. The lowest BCUT2D eigenvalue weighted by Gasteiger charge is -2.06. The average molecular weight is 326 g/mol. The van der Waals surface area contributed by atoms with Crippen LogP contribution < -0.4 is 14.8 Å². The van der Waals surface area contributed by atoms with E-state index in [0.717, 1.165) is 11.3 Å². The van der Waals surface area contributed by atoms with E-state index in [4.69, 9.17) is 9.47 Å². The second-order valence-corrected chi connectivity index (χ2v) is 5.07. The van der Waals surface area contributed by atoms with Gasteiger partial charge in [0.2, 0.25) is 5.88 Å². The van der Waals surface area contributed by atoms with Gasteiger partial charge in [0, 0.05) is 12.6 Å². The topological polar surface area (TPSA) is 77.8 Å². The fourth-order valence-electron chi connectivity index (χ4n) is 2.27. The Balaban J connectivity index is 1.69. The molecule has 1 amide bonds. The number of hydrogen-bond donors (Lipinski definition) is 1. The van der Waals surface area contributed by atoms with Gasteiger partial charge in [-0.1, -0.05) is 12.1 Å². The summed E-state index contributed by atoms with van der Waals surface area (Å²) in [6.07, 6.45) is 1.57. The third-order valence-electron chi connectivity index (χ3n) is 3.40. The summed E-state index contributed by atoms with van der Waals surface area (Å²) in [5.74, 6) is 0.981. The summed E-state index contributed by atoms with van der Waals surface area (Å²) in [6, 6.07) is 11.1. The summed E-state index contributed by atoms with van der Waals surface area (Å²) in [6.45, 7) is 2.93. The molecule has 2 aromatic heterocycles. The zero-order valence-electron chi connectivity index (χ0n) is 13.5. The van der Waals surface area contributed by atoms with Crippen LogP contribution in [0.1, 0.15) is 23.0 Å². The summed E-state index contributed by atoms with van der Waals surface area (Å²) >= 11 is 0. The normalized spacial score (nSPS) is 10.6. The third-order valence-corrected chi connectivity index (χ3v) is 3.40. The fraction of sp³-hybridized carbons (Fsp3) is 0.235. The maximum atomic E-state index is 12.3. The predicted octanol–water partition coefficient (Wildman–Crippen LogP) is 2.07. The predicted molar refractivity (Wildman–Crippen MR) is 88.3 cm³/mol. The van der Waals surface area contributed by atoms with Gasteiger partial charge in [0.1, 0.15) is 11.4 Å². The summed E-state index contributed by atoms with van der Waals surface area (Å²) in [4.78, 5) is 16.5. The number of methoxy groups -OCH3 is 1. The Morgan fingerprint density at radius 3 is 2.96 bits per heavy atom. The largest absolute Gasteiger partial charge is 0.494 e. The molecule has 0 bridgehead atoms. The van der Waals surface area contributed by atoms with Gasteiger partial charge in [-0.15, -0.1) is 5.10 Å². The van der Waals surface area contributed by atoms with Crippen molar-refractivity contribution in [1.82, 2.24) is 19.9 Å². The molecule has 0 unspecified atom stereocenters. The molecule has 3 aromatic rings. The number of benzene rings is 1. The van der Waals surface area contributed by atoms with Crippen LogP contribution >= 0.6 is 0 Å². The second-order valence-electron chi connectivity index (χ2n) is 5.07. The first-order valence-electron chi connectivity index (χ1n) is 7.60. The maximum Gasteiger partial charge on any atom is 0.271 e. The zero-order valence-corrected chi connectivity index (χ0v) is 13.5. The van der Waals surface area contributed by atoms with Crippen LogP contribution in [0.25, 0.3) is 5.65 Å². The summed E-state index contributed by atoms with van der Waals surface area (Å²) in [7, 11) is 1.54. The van der Waals surface area contributed by atoms with Crippen molar-refractivity contribution in [2.45, 2.75) is 13.5 Å². The molecule has 3 rings (SSSR count). The molecule has 0 saturated carbocycles. The van der Waals surface area contributed by atoms with Crippen LogP contribution in [0.3, 0.4) is 0 Å². The number of carbonyl (C=O) groups is 1. The van der Waals surface area contributed by atoms with Crippen LogP contribution in [0.2, 0.25) is 0 Å². The Bertz CT molecular complexity index is 860. The number of nitrogens with zero attached hydrogens (tertiary/aromatic N) is 3. The number of rotatable bonds is 6. The number of carbonyl (C=O) groups excluding carboxylic acids is 1. The van der Waals surface area contributed by atoms with Gasteiger partial charge in [-0.05, 0) is 30.7 Å². The molecule has 124 valence electrons. The third kappa shape index (κ3) is 3.45. The second kappa shape index (κ2) is 6.99. The van der Waals surface area contributed by atoms with Crippen molar-refractivity contribution in [3.8, 4) is 11.6 Å². The van der Waals surface area contributed by atoms with Crippen molar-refractivity contribution in [2.24, 2.45) is 0 Å². The van der Waals surface area contributed by atoms with Crippen molar-refractivity contribution >= 4 is 11.6 Å². The van der Waals surface area contributed by atoms with Crippen molar-refractivity contribution in [1.29, 1.82) is 0 Å². The lowest BCUT2D eigenvalue weighted by molar-refractivity contribution is 0.0946. The van der Waals surface area contributed by atoms with Crippen molar-refractivity contribution in [2.75, 3.05) is 13.7 Å². The number of nitrogens with one attached hydrogen (secondary N) is 1. The number of fused-ring (bicyclic) bond motifs is 1. The highest BCUT2D eigenvalue weighted by Gasteiger charge is 2.11. The number of amides is 1. The first kappa shape index (κ1) is 15.8. The average Bonchev–Trinajstić information content (AvgIpc) is 3.03. The van der Waals surface area contributed by atoms with Gasteiger partial charge in [-0.25, -0.2) is 9.50 Å². The van der Waals surface area contributed by atoms with E-state index in [9.17, 15) is 4.79 Å². The quantitative estimate of drug-likeness (QED) is 0.750. The van der Waals surface area contributed by atoms with Gasteiger partial charge in [-0.2, -0.15) is 0 Å². The highest BCUT2D eigenvalue weighted by atomic mass is 16.5. The number of aromatic nitrogens is 3. The van der Waals surface area contributed by atoms with Gasteiger partial charge < -0.3 is 14.8 Å². The Labute approximate surface area is 139 Å². The summed E-state index contributed by atoms with van der Waals surface area (Å²) < 4.78 is 12.0. The van der Waals surface area contributed by atoms with Gasteiger partial charge >= 0.3 is 0 Å². The first-order chi connectivity index (χ1) is 11.7. The molecule has 0 spiro atoms. The Morgan fingerprint density at radius 2 is 2.17 bits per heavy atom. The van der Waals surface area contributed by atoms with Crippen LogP contribution in [-0.2, 0) is 6.54 Å². The molecular formula is C17H18N4O3. The van der Waals surface area contributed by atoms with Crippen molar-refractivity contribution in [3.63, 3.8) is 0 Å². The highest BCUT2D eigenvalue weighted by molar-refractivity contribution is 5.92. The van der Waals surface area contributed by atoms with E-state index in [0.29, 0.717) is 30.4 Å². The van der Waals surface area contributed by atoms with Gasteiger partial charge in [0.25, 0.3) is 5.91 Å². The van der Waals surface area contributed by atoms with Gasteiger partial charge in [0.15, 0.2) is 5.65 Å². The SMILES string of the molecule is CCOc1cccc(CNC(=O)c2cn3nc(OC)ccc3n2)c1. The molecule has 0 atom stereocenters. The monoisotopic (exact) mass is 326 g/mol. The molecule has 0 aliphatic heterocycles. The summed E-state index contributed by atoms with van der Waals surface area (Å²) in [5.41, 5.74) is 1.84. The molecule has 7 heteroatoms. The van der Waals surface area contributed by atoms with Crippen LogP contribution in [0, 0.1) is 0 Å². The van der Waals surface area contributed by atoms with E-state index in [1.165, 1.54) is 11.6 Å². The molecule has 1 N–H and O–H groups in total. The standard InChI is InChI=1S/C17H18N4O3/c1-3-24-13-6-4-5-12(9-13)10-18-17(22)14-11-21-15(19-14)7-8-16(20-21)23-2/h4-9,11H,3,10H2,1-2H3,(H,18,22). The number of imidazole rings is 1. The molecule has 0 saturated heterocycles. The van der Waals surface area contributed by atoms with Gasteiger partial charge in [-0.3, -0.25) is 4.79 Å². The molecule has 2 heterocycles. The van der Waals surface area contributed by atoms with Crippen LogP contribution in [-0.4, -0.2) is 34.2 Å². The molecule has 24 heavy (non-hydrogen) atoms. The molecule has 7 nitrogen and oxygen atoms in total. The van der Waals surface area contributed by atoms with E-state index in [-0.39, 0.29) is 5.91 Å². The number of hydrogen-bond acceptors (Lipinski definition) is 5. The molecular weight excluding hydrogens is 308 g/mol. The van der Waals surface area contributed by atoms with E-state index in [1.807, 2.05) is 31.2 Å². The summed E-state index contributed by atoms with van der Waals surface area (Å²) in [5, 5.41) is 7.03. The lowest BCUT2D eigenvalue weighted by atomic mass is 10.2. The molecule has 0 aliphatic carbocycles. The highest BCUT2D eigenvalue weighted by Crippen LogP contribution is 2.13.